The Balaban J connectivity index is 2.56. The van der Waals surface area contributed by atoms with E-state index in [1.807, 2.05) is 6.92 Å². The van der Waals surface area contributed by atoms with E-state index in [9.17, 15) is 4.79 Å². The van der Waals surface area contributed by atoms with Gasteiger partial charge >= 0.3 is 5.97 Å². The van der Waals surface area contributed by atoms with Gasteiger partial charge in [0.15, 0.2) is 0 Å². The van der Waals surface area contributed by atoms with Gasteiger partial charge in [0.1, 0.15) is 5.54 Å². The SMILES string of the molecule is CCCNC(C)(CSCc1cccc(C)c1)C(=O)OC. The molecule has 1 rings (SSSR count). The minimum absolute atomic E-state index is 0.192. The number of hydrogen-bond acceptors (Lipinski definition) is 4. The van der Waals surface area contributed by atoms with Gasteiger partial charge in [0.25, 0.3) is 0 Å². The van der Waals surface area contributed by atoms with Gasteiger partial charge in [-0.2, -0.15) is 11.8 Å². The summed E-state index contributed by atoms with van der Waals surface area (Å²) in [5.74, 6) is 1.41. The zero-order chi connectivity index (χ0) is 15.0. The molecule has 3 nitrogen and oxygen atoms in total. The molecule has 0 spiro atoms. The lowest BCUT2D eigenvalue weighted by atomic mass is 10.1. The lowest BCUT2D eigenvalue weighted by Crippen LogP contribution is -2.52. The normalized spacial score (nSPS) is 13.8. The molecule has 0 saturated carbocycles. The summed E-state index contributed by atoms with van der Waals surface area (Å²) in [7, 11) is 1.44. The third-order valence-electron chi connectivity index (χ3n) is 3.14. The number of carbonyl (C=O) groups excluding carboxylic acids is 1. The molecule has 0 fully saturated rings. The molecule has 1 N–H and O–H groups in total. The second-order valence-corrected chi connectivity index (χ2v) is 6.22. The van der Waals surface area contributed by atoms with Crippen LogP contribution in [0, 0.1) is 6.92 Å². The molecule has 1 aromatic rings. The highest BCUT2D eigenvalue weighted by Crippen LogP contribution is 2.20. The molecule has 1 aromatic carbocycles. The molecule has 20 heavy (non-hydrogen) atoms. The molecular weight excluding hydrogens is 270 g/mol. The van der Waals surface area contributed by atoms with E-state index in [0.29, 0.717) is 5.75 Å². The Bertz CT molecular complexity index is 436. The fourth-order valence-corrected chi connectivity index (χ4v) is 3.13. The number of aryl methyl sites for hydroxylation is 1. The summed E-state index contributed by atoms with van der Waals surface area (Å²) in [6.45, 7) is 6.91. The first-order chi connectivity index (χ1) is 9.51. The van der Waals surface area contributed by atoms with Crippen LogP contribution in [0.5, 0.6) is 0 Å². The van der Waals surface area contributed by atoms with Crippen LogP contribution in [0.2, 0.25) is 0 Å². The van der Waals surface area contributed by atoms with Gasteiger partial charge in [-0.3, -0.25) is 4.79 Å². The first-order valence-corrected chi connectivity index (χ1v) is 8.14. The standard InChI is InChI=1S/C16H25NO2S/c1-5-9-17-16(3,15(18)19-4)12-20-11-14-8-6-7-13(2)10-14/h6-8,10,17H,5,9,11-12H2,1-4H3. The van der Waals surface area contributed by atoms with Crippen LogP contribution < -0.4 is 5.32 Å². The van der Waals surface area contributed by atoms with E-state index in [1.54, 1.807) is 11.8 Å². The van der Waals surface area contributed by atoms with Gasteiger partial charge in [0.05, 0.1) is 7.11 Å². The van der Waals surface area contributed by atoms with Crippen LogP contribution in [-0.4, -0.2) is 30.9 Å². The fourth-order valence-electron chi connectivity index (χ4n) is 1.98. The molecule has 0 aliphatic carbocycles. The smallest absolute Gasteiger partial charge is 0.326 e. The molecule has 0 bridgehead atoms. The number of hydrogen-bond donors (Lipinski definition) is 1. The van der Waals surface area contributed by atoms with Crippen molar-refractivity contribution in [3.8, 4) is 0 Å². The van der Waals surface area contributed by atoms with Crippen LogP contribution in [-0.2, 0) is 15.3 Å². The van der Waals surface area contributed by atoms with Gasteiger partial charge in [-0.05, 0) is 32.4 Å². The summed E-state index contributed by atoms with van der Waals surface area (Å²) < 4.78 is 4.92. The first kappa shape index (κ1) is 17.1. The maximum Gasteiger partial charge on any atom is 0.326 e. The Hall–Kier alpha value is -1.00. The van der Waals surface area contributed by atoms with Crippen molar-refractivity contribution in [3.05, 3.63) is 35.4 Å². The molecule has 0 radical (unpaired) electrons. The van der Waals surface area contributed by atoms with Gasteiger partial charge in [0.2, 0.25) is 0 Å². The van der Waals surface area contributed by atoms with Crippen molar-refractivity contribution >= 4 is 17.7 Å². The summed E-state index contributed by atoms with van der Waals surface area (Å²) in [4.78, 5) is 11.9. The average molecular weight is 295 g/mol. The number of rotatable bonds is 8. The van der Waals surface area contributed by atoms with Gasteiger partial charge in [-0.1, -0.05) is 36.8 Å². The quantitative estimate of drug-likeness (QED) is 0.748. The third kappa shape index (κ3) is 5.17. The number of methoxy groups -OCH3 is 1. The van der Waals surface area contributed by atoms with E-state index in [0.717, 1.165) is 18.7 Å². The summed E-state index contributed by atoms with van der Waals surface area (Å²) in [5.41, 5.74) is 1.94. The summed E-state index contributed by atoms with van der Waals surface area (Å²) in [6.07, 6.45) is 0.995. The molecule has 4 heteroatoms. The minimum atomic E-state index is -0.612. The zero-order valence-corrected chi connectivity index (χ0v) is 13.7. The van der Waals surface area contributed by atoms with Crippen molar-refractivity contribution in [2.75, 3.05) is 19.4 Å². The molecule has 0 aliphatic heterocycles. The van der Waals surface area contributed by atoms with Crippen molar-refractivity contribution in [2.45, 2.75) is 38.5 Å². The molecular formula is C16H25NO2S. The monoisotopic (exact) mass is 295 g/mol. The van der Waals surface area contributed by atoms with Crippen LogP contribution in [0.25, 0.3) is 0 Å². The number of ether oxygens (including phenoxy) is 1. The van der Waals surface area contributed by atoms with Gasteiger partial charge in [0, 0.05) is 11.5 Å². The molecule has 0 aliphatic rings. The Labute approximate surface area is 126 Å². The average Bonchev–Trinajstić information content (AvgIpc) is 2.44. The van der Waals surface area contributed by atoms with E-state index in [2.05, 4.69) is 43.4 Å². The van der Waals surface area contributed by atoms with Crippen LogP contribution in [0.4, 0.5) is 0 Å². The van der Waals surface area contributed by atoms with Crippen LogP contribution in [0.1, 0.15) is 31.4 Å². The predicted octanol–water partition coefficient (Wildman–Crippen LogP) is 3.16. The number of esters is 1. The van der Waals surface area contributed by atoms with Gasteiger partial charge < -0.3 is 10.1 Å². The summed E-state index contributed by atoms with van der Waals surface area (Å²) >= 11 is 1.75. The van der Waals surface area contributed by atoms with E-state index in [1.165, 1.54) is 18.2 Å². The molecule has 1 atom stereocenters. The van der Waals surface area contributed by atoms with Gasteiger partial charge in [-0.15, -0.1) is 0 Å². The highest BCUT2D eigenvalue weighted by atomic mass is 32.2. The van der Waals surface area contributed by atoms with Crippen molar-refractivity contribution in [2.24, 2.45) is 0 Å². The van der Waals surface area contributed by atoms with Crippen LogP contribution in [0.15, 0.2) is 24.3 Å². The Kier molecular flexibility index (Phi) is 7.10. The van der Waals surface area contributed by atoms with Crippen molar-refractivity contribution in [3.63, 3.8) is 0 Å². The molecule has 1 unspecified atom stereocenters. The van der Waals surface area contributed by atoms with E-state index in [4.69, 9.17) is 4.74 Å². The molecule has 0 aromatic heterocycles. The van der Waals surface area contributed by atoms with Crippen LogP contribution >= 0.6 is 11.8 Å². The van der Waals surface area contributed by atoms with E-state index >= 15 is 0 Å². The number of carbonyl (C=O) groups is 1. The first-order valence-electron chi connectivity index (χ1n) is 6.98. The largest absolute Gasteiger partial charge is 0.468 e. The second kappa shape index (κ2) is 8.32. The van der Waals surface area contributed by atoms with Crippen LogP contribution in [0.3, 0.4) is 0 Å². The number of benzene rings is 1. The molecule has 0 saturated heterocycles. The fraction of sp³-hybridized carbons (Fsp3) is 0.562. The second-order valence-electron chi connectivity index (χ2n) is 5.23. The highest BCUT2D eigenvalue weighted by Gasteiger charge is 2.33. The number of thioether (sulfide) groups is 1. The molecule has 112 valence electrons. The Morgan fingerprint density at radius 3 is 2.80 bits per heavy atom. The van der Waals surface area contributed by atoms with Crippen molar-refractivity contribution < 1.29 is 9.53 Å². The lowest BCUT2D eigenvalue weighted by molar-refractivity contribution is -0.146. The third-order valence-corrected chi connectivity index (χ3v) is 4.46. The summed E-state index contributed by atoms with van der Waals surface area (Å²) in [5, 5.41) is 3.30. The van der Waals surface area contributed by atoms with Gasteiger partial charge in [-0.25, -0.2) is 0 Å². The summed E-state index contributed by atoms with van der Waals surface area (Å²) in [6, 6.07) is 8.46. The predicted molar refractivity (Wildman–Crippen MR) is 86.1 cm³/mol. The lowest BCUT2D eigenvalue weighted by Gasteiger charge is -2.27. The Morgan fingerprint density at radius 2 is 2.20 bits per heavy atom. The zero-order valence-electron chi connectivity index (χ0n) is 12.9. The molecule has 0 amide bonds. The maximum atomic E-state index is 11.9. The number of nitrogens with one attached hydrogen (secondary N) is 1. The maximum absolute atomic E-state index is 11.9. The van der Waals surface area contributed by atoms with E-state index < -0.39 is 5.54 Å². The topological polar surface area (TPSA) is 38.3 Å². The molecule has 0 heterocycles. The van der Waals surface area contributed by atoms with E-state index in [-0.39, 0.29) is 5.97 Å². The minimum Gasteiger partial charge on any atom is -0.468 e. The highest BCUT2D eigenvalue weighted by molar-refractivity contribution is 7.98. The van der Waals surface area contributed by atoms with Crippen molar-refractivity contribution in [1.29, 1.82) is 0 Å². The Morgan fingerprint density at radius 1 is 1.45 bits per heavy atom. The van der Waals surface area contributed by atoms with Crippen molar-refractivity contribution in [1.82, 2.24) is 5.32 Å².